The van der Waals surface area contributed by atoms with E-state index >= 15 is 0 Å². The summed E-state index contributed by atoms with van der Waals surface area (Å²) in [5, 5.41) is 10.0. The molecular formula is C29H25N3O3. The molecule has 5 rings (SSSR count). The van der Waals surface area contributed by atoms with Gasteiger partial charge in [-0.25, -0.2) is 4.79 Å². The minimum Gasteiger partial charge on any atom is -0.465 e. The Balaban J connectivity index is 1.41. The lowest BCUT2D eigenvalue weighted by Crippen LogP contribution is -2.01. The number of carbonyl (C=O) groups is 1. The molecule has 0 bridgehead atoms. The summed E-state index contributed by atoms with van der Waals surface area (Å²) in [6.07, 6.45) is 0. The van der Waals surface area contributed by atoms with Gasteiger partial charge < -0.3 is 14.6 Å². The van der Waals surface area contributed by atoms with E-state index in [1.165, 1.54) is 17.9 Å². The number of aromatic nitrogens is 2. The SMILES string of the molecule is COC(=O)c1ccc(Nc2ccc(C)c(-c3noc(C(C)c4cccc5ccccc45)n3)c2)cc1. The molecule has 0 radical (unpaired) electrons. The standard InChI is InChI=1S/C29H25N3O3/c1-18-11-14-23(30-22-15-12-21(13-16-22)29(33)34-3)17-26(18)27-31-28(35-32-27)19(2)24-10-6-8-20-7-4-5-9-25(20)24/h4-17,19,30H,1-3H3. The number of esters is 1. The van der Waals surface area contributed by atoms with E-state index in [2.05, 4.69) is 47.7 Å². The second-order valence-corrected chi connectivity index (χ2v) is 8.47. The largest absolute Gasteiger partial charge is 0.465 e. The predicted octanol–water partition coefficient (Wildman–Crippen LogP) is 6.88. The molecule has 0 fully saturated rings. The van der Waals surface area contributed by atoms with E-state index in [1.54, 1.807) is 12.1 Å². The molecule has 1 atom stereocenters. The molecule has 0 saturated carbocycles. The van der Waals surface area contributed by atoms with Crippen LogP contribution in [0.5, 0.6) is 0 Å². The van der Waals surface area contributed by atoms with Gasteiger partial charge in [0.05, 0.1) is 18.6 Å². The fourth-order valence-electron chi connectivity index (χ4n) is 4.20. The summed E-state index contributed by atoms with van der Waals surface area (Å²) in [5.41, 5.74) is 5.32. The second kappa shape index (κ2) is 9.43. The Morgan fingerprint density at radius 2 is 1.69 bits per heavy atom. The molecule has 0 aliphatic rings. The van der Waals surface area contributed by atoms with Crippen LogP contribution in [0.1, 0.15) is 40.2 Å². The first-order valence-electron chi connectivity index (χ1n) is 11.4. The Kier molecular flexibility index (Phi) is 6.02. The monoisotopic (exact) mass is 463 g/mol. The van der Waals surface area contributed by atoms with Gasteiger partial charge in [-0.05, 0) is 72.1 Å². The number of methoxy groups -OCH3 is 1. The summed E-state index contributed by atoms with van der Waals surface area (Å²) >= 11 is 0. The molecule has 0 aliphatic heterocycles. The predicted molar refractivity (Wildman–Crippen MR) is 137 cm³/mol. The summed E-state index contributed by atoms with van der Waals surface area (Å²) in [5.74, 6) is 0.721. The number of fused-ring (bicyclic) bond motifs is 1. The first kappa shape index (κ1) is 22.3. The van der Waals surface area contributed by atoms with Crippen LogP contribution in [0.15, 0.2) is 89.5 Å². The van der Waals surface area contributed by atoms with Gasteiger partial charge in [-0.2, -0.15) is 4.98 Å². The fourth-order valence-corrected chi connectivity index (χ4v) is 4.20. The number of hydrogen-bond acceptors (Lipinski definition) is 6. The van der Waals surface area contributed by atoms with E-state index in [0.29, 0.717) is 17.3 Å². The highest BCUT2D eigenvalue weighted by Gasteiger charge is 2.20. The fraction of sp³-hybridized carbons (Fsp3) is 0.138. The highest BCUT2D eigenvalue weighted by atomic mass is 16.5. The zero-order chi connectivity index (χ0) is 24.4. The molecule has 174 valence electrons. The Morgan fingerprint density at radius 3 is 2.49 bits per heavy atom. The lowest BCUT2D eigenvalue weighted by atomic mass is 9.95. The van der Waals surface area contributed by atoms with Gasteiger partial charge in [0.15, 0.2) is 0 Å². The van der Waals surface area contributed by atoms with Gasteiger partial charge in [0.2, 0.25) is 11.7 Å². The van der Waals surface area contributed by atoms with Crippen LogP contribution >= 0.6 is 0 Å². The number of aryl methyl sites for hydroxylation is 1. The van der Waals surface area contributed by atoms with Gasteiger partial charge in [0, 0.05) is 16.9 Å². The van der Waals surface area contributed by atoms with Crippen molar-refractivity contribution in [3.8, 4) is 11.4 Å². The Morgan fingerprint density at radius 1 is 0.943 bits per heavy atom. The maximum absolute atomic E-state index is 11.7. The maximum Gasteiger partial charge on any atom is 0.337 e. The summed E-state index contributed by atoms with van der Waals surface area (Å²) < 4.78 is 10.5. The average Bonchev–Trinajstić information content (AvgIpc) is 3.39. The van der Waals surface area contributed by atoms with Crippen molar-refractivity contribution in [1.29, 1.82) is 0 Å². The number of anilines is 2. The van der Waals surface area contributed by atoms with E-state index in [9.17, 15) is 4.79 Å². The van der Waals surface area contributed by atoms with Crippen molar-refractivity contribution in [2.75, 3.05) is 12.4 Å². The third-order valence-corrected chi connectivity index (χ3v) is 6.18. The van der Waals surface area contributed by atoms with Gasteiger partial charge in [-0.15, -0.1) is 0 Å². The molecule has 1 heterocycles. The highest BCUT2D eigenvalue weighted by Crippen LogP contribution is 2.32. The molecule has 6 nitrogen and oxygen atoms in total. The van der Waals surface area contributed by atoms with E-state index in [4.69, 9.17) is 14.2 Å². The van der Waals surface area contributed by atoms with E-state index < -0.39 is 0 Å². The number of nitrogens with zero attached hydrogens (tertiary/aromatic N) is 2. The molecule has 6 heteroatoms. The second-order valence-electron chi connectivity index (χ2n) is 8.47. The first-order valence-corrected chi connectivity index (χ1v) is 11.4. The Bertz CT molecular complexity index is 1500. The van der Waals surface area contributed by atoms with Crippen LogP contribution in [0, 0.1) is 6.92 Å². The third kappa shape index (κ3) is 4.51. The molecular weight excluding hydrogens is 438 g/mol. The van der Waals surface area contributed by atoms with Crippen molar-refractivity contribution >= 4 is 28.1 Å². The summed E-state index contributed by atoms with van der Waals surface area (Å²) in [6, 6.07) is 27.7. The molecule has 5 aromatic rings. The van der Waals surface area contributed by atoms with E-state index in [0.717, 1.165) is 28.1 Å². The molecule has 0 spiro atoms. The maximum atomic E-state index is 11.7. The number of hydrogen-bond donors (Lipinski definition) is 1. The van der Waals surface area contributed by atoms with Crippen molar-refractivity contribution in [1.82, 2.24) is 10.1 Å². The van der Waals surface area contributed by atoms with Crippen molar-refractivity contribution in [3.05, 3.63) is 108 Å². The van der Waals surface area contributed by atoms with Gasteiger partial charge in [0.25, 0.3) is 0 Å². The number of carbonyl (C=O) groups excluding carboxylic acids is 1. The topological polar surface area (TPSA) is 77.2 Å². The number of rotatable bonds is 6. The van der Waals surface area contributed by atoms with E-state index in [1.807, 2.05) is 49.4 Å². The quantitative estimate of drug-likeness (QED) is 0.277. The van der Waals surface area contributed by atoms with Crippen LogP contribution in [0.3, 0.4) is 0 Å². The van der Waals surface area contributed by atoms with Crippen LogP contribution in [0.25, 0.3) is 22.2 Å². The normalized spacial score (nSPS) is 11.9. The lowest BCUT2D eigenvalue weighted by Gasteiger charge is -2.11. The Hall–Kier alpha value is -4.45. The zero-order valence-electron chi connectivity index (χ0n) is 19.8. The molecule has 1 unspecified atom stereocenters. The molecule has 35 heavy (non-hydrogen) atoms. The van der Waals surface area contributed by atoms with Crippen LogP contribution in [0.2, 0.25) is 0 Å². The Labute approximate surface area is 203 Å². The zero-order valence-corrected chi connectivity index (χ0v) is 19.8. The van der Waals surface area contributed by atoms with Crippen molar-refractivity contribution in [2.45, 2.75) is 19.8 Å². The highest BCUT2D eigenvalue weighted by molar-refractivity contribution is 5.90. The number of nitrogens with one attached hydrogen (secondary N) is 1. The van der Waals surface area contributed by atoms with Crippen LogP contribution in [0.4, 0.5) is 11.4 Å². The van der Waals surface area contributed by atoms with Gasteiger partial charge in [-0.1, -0.05) is 53.7 Å². The van der Waals surface area contributed by atoms with Crippen LogP contribution < -0.4 is 5.32 Å². The van der Waals surface area contributed by atoms with Gasteiger partial charge in [-0.3, -0.25) is 0 Å². The van der Waals surface area contributed by atoms with Gasteiger partial charge in [0.1, 0.15) is 0 Å². The number of ether oxygens (including phenoxy) is 1. The molecule has 0 saturated heterocycles. The summed E-state index contributed by atoms with van der Waals surface area (Å²) in [7, 11) is 1.37. The lowest BCUT2D eigenvalue weighted by molar-refractivity contribution is 0.0601. The van der Waals surface area contributed by atoms with Crippen molar-refractivity contribution < 1.29 is 14.1 Å². The summed E-state index contributed by atoms with van der Waals surface area (Å²) in [6.45, 7) is 4.11. The van der Waals surface area contributed by atoms with Crippen LogP contribution in [-0.2, 0) is 4.74 Å². The first-order chi connectivity index (χ1) is 17.0. The smallest absolute Gasteiger partial charge is 0.337 e. The summed E-state index contributed by atoms with van der Waals surface area (Å²) in [4.78, 5) is 16.4. The van der Waals surface area contributed by atoms with Crippen molar-refractivity contribution in [3.63, 3.8) is 0 Å². The molecule has 0 aliphatic carbocycles. The minimum absolute atomic E-state index is 0.0442. The third-order valence-electron chi connectivity index (χ3n) is 6.18. The molecule has 0 amide bonds. The molecule has 1 N–H and O–H groups in total. The number of benzene rings is 4. The molecule has 1 aromatic heterocycles. The minimum atomic E-state index is -0.361. The van der Waals surface area contributed by atoms with Crippen LogP contribution in [-0.4, -0.2) is 23.2 Å². The molecule has 4 aromatic carbocycles. The van der Waals surface area contributed by atoms with Gasteiger partial charge >= 0.3 is 5.97 Å². The average molecular weight is 464 g/mol. The van der Waals surface area contributed by atoms with Crippen molar-refractivity contribution in [2.24, 2.45) is 0 Å². The van der Waals surface area contributed by atoms with E-state index in [-0.39, 0.29) is 11.9 Å².